The lowest BCUT2D eigenvalue weighted by molar-refractivity contribution is -0.149. The number of ether oxygens (including phenoxy) is 2. The number of rotatable bonds is 4. The van der Waals surface area contributed by atoms with E-state index in [1.165, 1.54) is 7.11 Å². The van der Waals surface area contributed by atoms with E-state index in [0.717, 1.165) is 10.9 Å². The van der Waals surface area contributed by atoms with Crippen LogP contribution in [0.25, 0.3) is 10.9 Å². The minimum Gasteiger partial charge on any atom is -0.469 e. The number of likely N-dealkylation sites (tertiary alicyclic amines) is 1. The van der Waals surface area contributed by atoms with Gasteiger partial charge < -0.3 is 18.9 Å². The van der Waals surface area contributed by atoms with Crippen LogP contribution in [0.15, 0.2) is 30.5 Å². The Morgan fingerprint density at radius 3 is 2.54 bits per heavy atom. The summed E-state index contributed by atoms with van der Waals surface area (Å²) in [6.45, 7) is 0.625. The fourth-order valence-electron chi connectivity index (χ4n) is 3.33. The van der Waals surface area contributed by atoms with E-state index in [9.17, 15) is 14.4 Å². The van der Waals surface area contributed by atoms with Crippen LogP contribution in [0.1, 0.15) is 23.2 Å². The van der Waals surface area contributed by atoms with E-state index in [2.05, 4.69) is 0 Å². The predicted octanol–water partition coefficient (Wildman–Crippen LogP) is 1.75. The first-order chi connectivity index (χ1) is 12.5. The standard InChI is InChI=1S/C19H22N2O5/c1-20-11-15(14-5-3-4-6-16(14)20)19(24)26-12-17(22)21-9-7-13(8-10-21)18(23)25-2/h3-6,11,13H,7-10,12H2,1-2H3. The van der Waals surface area contributed by atoms with Crippen molar-refractivity contribution in [1.29, 1.82) is 0 Å². The highest BCUT2D eigenvalue weighted by Gasteiger charge is 2.28. The number of piperidine rings is 1. The maximum absolute atomic E-state index is 12.4. The normalized spacial score (nSPS) is 15.1. The number of hydrogen-bond donors (Lipinski definition) is 0. The molecule has 138 valence electrons. The third-order valence-electron chi connectivity index (χ3n) is 4.83. The zero-order valence-corrected chi connectivity index (χ0v) is 14.9. The zero-order chi connectivity index (χ0) is 18.7. The number of aryl methyl sites for hydroxylation is 1. The van der Waals surface area contributed by atoms with Crippen LogP contribution in [0.2, 0.25) is 0 Å². The molecule has 0 radical (unpaired) electrons. The van der Waals surface area contributed by atoms with Gasteiger partial charge in [0.25, 0.3) is 5.91 Å². The summed E-state index contributed by atoms with van der Waals surface area (Å²) >= 11 is 0. The maximum Gasteiger partial charge on any atom is 0.340 e. The Morgan fingerprint density at radius 2 is 1.85 bits per heavy atom. The second kappa shape index (κ2) is 7.59. The van der Waals surface area contributed by atoms with E-state index in [-0.39, 0.29) is 24.4 Å². The van der Waals surface area contributed by atoms with Crippen LogP contribution in [0.5, 0.6) is 0 Å². The number of esters is 2. The smallest absolute Gasteiger partial charge is 0.340 e. The Hall–Kier alpha value is -2.83. The summed E-state index contributed by atoms with van der Waals surface area (Å²) in [5.41, 5.74) is 1.37. The van der Waals surface area contributed by atoms with Gasteiger partial charge in [0.1, 0.15) is 0 Å². The third kappa shape index (κ3) is 3.56. The predicted molar refractivity (Wildman–Crippen MR) is 94.5 cm³/mol. The number of benzene rings is 1. The molecule has 1 aliphatic heterocycles. The van der Waals surface area contributed by atoms with Crippen molar-refractivity contribution in [3.8, 4) is 0 Å². The van der Waals surface area contributed by atoms with Crippen molar-refractivity contribution in [1.82, 2.24) is 9.47 Å². The third-order valence-corrected chi connectivity index (χ3v) is 4.83. The molecule has 7 nitrogen and oxygen atoms in total. The summed E-state index contributed by atoms with van der Waals surface area (Å²) in [6.07, 6.45) is 2.84. The monoisotopic (exact) mass is 358 g/mol. The Kier molecular flexibility index (Phi) is 5.25. The summed E-state index contributed by atoms with van der Waals surface area (Å²) in [5, 5.41) is 0.798. The second-order valence-electron chi connectivity index (χ2n) is 6.43. The largest absolute Gasteiger partial charge is 0.469 e. The Balaban J connectivity index is 1.56. The molecular formula is C19H22N2O5. The van der Waals surface area contributed by atoms with Crippen molar-refractivity contribution in [3.05, 3.63) is 36.0 Å². The van der Waals surface area contributed by atoms with Gasteiger partial charge in [0.15, 0.2) is 6.61 Å². The molecule has 1 fully saturated rings. The fraction of sp³-hybridized carbons (Fsp3) is 0.421. The van der Waals surface area contributed by atoms with Crippen molar-refractivity contribution < 1.29 is 23.9 Å². The van der Waals surface area contributed by atoms with Gasteiger partial charge in [-0.15, -0.1) is 0 Å². The van der Waals surface area contributed by atoms with Gasteiger partial charge in [-0.3, -0.25) is 9.59 Å². The average molecular weight is 358 g/mol. The number of fused-ring (bicyclic) bond motifs is 1. The second-order valence-corrected chi connectivity index (χ2v) is 6.43. The number of carbonyl (C=O) groups is 3. The molecule has 1 aromatic heterocycles. The molecule has 2 aromatic rings. The molecule has 1 saturated heterocycles. The van der Waals surface area contributed by atoms with E-state index in [1.54, 1.807) is 11.1 Å². The molecule has 7 heteroatoms. The summed E-state index contributed by atoms with van der Waals surface area (Å²) < 4.78 is 11.8. The number of amides is 1. The summed E-state index contributed by atoms with van der Waals surface area (Å²) in [6, 6.07) is 7.53. The minimum atomic E-state index is -0.514. The molecule has 1 amide bonds. The topological polar surface area (TPSA) is 77.8 Å². The van der Waals surface area contributed by atoms with Crippen LogP contribution < -0.4 is 0 Å². The van der Waals surface area contributed by atoms with Gasteiger partial charge in [-0.1, -0.05) is 18.2 Å². The van der Waals surface area contributed by atoms with Crippen LogP contribution in [0.3, 0.4) is 0 Å². The average Bonchev–Trinajstić information content (AvgIpc) is 3.02. The summed E-state index contributed by atoms with van der Waals surface area (Å²) in [7, 11) is 3.22. The number of methoxy groups -OCH3 is 1. The highest BCUT2D eigenvalue weighted by Crippen LogP contribution is 2.21. The lowest BCUT2D eigenvalue weighted by atomic mass is 9.97. The molecule has 0 bridgehead atoms. The van der Waals surface area contributed by atoms with Gasteiger partial charge in [0, 0.05) is 37.2 Å². The van der Waals surface area contributed by atoms with E-state index in [4.69, 9.17) is 9.47 Å². The zero-order valence-electron chi connectivity index (χ0n) is 14.9. The number of hydrogen-bond acceptors (Lipinski definition) is 5. The first-order valence-corrected chi connectivity index (χ1v) is 8.58. The van der Waals surface area contributed by atoms with Gasteiger partial charge in [-0.2, -0.15) is 0 Å². The Bertz CT molecular complexity index is 834. The van der Waals surface area contributed by atoms with Crippen LogP contribution >= 0.6 is 0 Å². The summed E-state index contributed by atoms with van der Waals surface area (Å²) in [4.78, 5) is 37.8. The molecule has 26 heavy (non-hydrogen) atoms. The van der Waals surface area contributed by atoms with Crippen molar-refractivity contribution in [2.24, 2.45) is 13.0 Å². The Morgan fingerprint density at radius 1 is 1.15 bits per heavy atom. The van der Waals surface area contributed by atoms with Gasteiger partial charge >= 0.3 is 11.9 Å². The molecule has 1 aliphatic rings. The van der Waals surface area contributed by atoms with Gasteiger partial charge in [0.2, 0.25) is 0 Å². The molecule has 0 spiro atoms. The number of carbonyl (C=O) groups excluding carboxylic acids is 3. The van der Waals surface area contributed by atoms with Crippen molar-refractivity contribution >= 4 is 28.7 Å². The highest BCUT2D eigenvalue weighted by molar-refractivity contribution is 6.04. The van der Waals surface area contributed by atoms with Crippen molar-refractivity contribution in [3.63, 3.8) is 0 Å². The lowest BCUT2D eigenvalue weighted by Gasteiger charge is -2.30. The van der Waals surface area contributed by atoms with Gasteiger partial charge in [-0.25, -0.2) is 4.79 Å². The molecule has 0 unspecified atom stereocenters. The van der Waals surface area contributed by atoms with Crippen LogP contribution in [-0.2, 0) is 26.1 Å². The van der Waals surface area contributed by atoms with Crippen molar-refractivity contribution in [2.75, 3.05) is 26.8 Å². The van der Waals surface area contributed by atoms with E-state index in [1.807, 2.05) is 35.9 Å². The van der Waals surface area contributed by atoms with Crippen LogP contribution in [0.4, 0.5) is 0 Å². The van der Waals surface area contributed by atoms with E-state index in [0.29, 0.717) is 31.5 Å². The first kappa shape index (κ1) is 18.0. The number of para-hydroxylation sites is 1. The van der Waals surface area contributed by atoms with E-state index >= 15 is 0 Å². The molecule has 0 saturated carbocycles. The summed E-state index contributed by atoms with van der Waals surface area (Å²) in [5.74, 6) is -1.16. The highest BCUT2D eigenvalue weighted by atomic mass is 16.5. The molecule has 0 aliphatic carbocycles. The number of nitrogens with zero attached hydrogens (tertiary/aromatic N) is 2. The maximum atomic E-state index is 12.4. The molecule has 0 N–H and O–H groups in total. The molecular weight excluding hydrogens is 336 g/mol. The fourth-order valence-corrected chi connectivity index (χ4v) is 3.33. The molecule has 1 aromatic carbocycles. The lowest BCUT2D eigenvalue weighted by Crippen LogP contribution is -2.42. The van der Waals surface area contributed by atoms with Gasteiger partial charge in [-0.05, 0) is 18.9 Å². The van der Waals surface area contributed by atoms with E-state index < -0.39 is 5.97 Å². The molecule has 2 heterocycles. The minimum absolute atomic E-state index is 0.165. The first-order valence-electron chi connectivity index (χ1n) is 8.58. The van der Waals surface area contributed by atoms with Gasteiger partial charge in [0.05, 0.1) is 18.6 Å². The number of aromatic nitrogens is 1. The molecule has 0 atom stereocenters. The van der Waals surface area contributed by atoms with Crippen molar-refractivity contribution in [2.45, 2.75) is 12.8 Å². The Labute approximate surface area is 151 Å². The van der Waals surface area contributed by atoms with Crippen LogP contribution in [0, 0.1) is 5.92 Å². The van der Waals surface area contributed by atoms with Crippen LogP contribution in [-0.4, -0.2) is 54.1 Å². The molecule has 3 rings (SSSR count). The quantitative estimate of drug-likeness (QED) is 0.778. The SMILES string of the molecule is COC(=O)C1CCN(C(=O)COC(=O)c2cn(C)c3ccccc23)CC1.